The second kappa shape index (κ2) is 8.47. The average molecular weight is 425 g/mol. The molecule has 0 aliphatic heterocycles. The largest absolute Gasteiger partial charge is 0.480 e. The minimum atomic E-state index is -1.33. The van der Waals surface area contributed by atoms with E-state index in [-0.39, 0.29) is 28.9 Å². The Morgan fingerprint density at radius 3 is 2.35 bits per heavy atom. The number of fused-ring (bicyclic) bond motifs is 1. The molecule has 0 atom stereocenters. The van der Waals surface area contributed by atoms with Gasteiger partial charge >= 0.3 is 18.0 Å². The smallest absolute Gasteiger partial charge is 0.344 e. The third-order valence-electron chi connectivity index (χ3n) is 5.15. The van der Waals surface area contributed by atoms with Crippen molar-refractivity contribution in [2.45, 2.75) is 39.8 Å². The second-order valence-electron chi connectivity index (χ2n) is 7.53. The predicted molar refractivity (Wildman–Crippen MR) is 114 cm³/mol. The molecule has 1 aromatic heterocycles. The van der Waals surface area contributed by atoms with Crippen molar-refractivity contribution in [1.82, 2.24) is 14.7 Å². The summed E-state index contributed by atoms with van der Waals surface area (Å²) < 4.78 is 1.54. The van der Waals surface area contributed by atoms with Gasteiger partial charge in [-0.15, -0.1) is 0 Å². The fourth-order valence-corrected chi connectivity index (χ4v) is 3.72. The first kappa shape index (κ1) is 21.8. The van der Waals surface area contributed by atoms with Gasteiger partial charge < -0.3 is 15.5 Å². The Labute approximate surface area is 177 Å². The number of benzene rings is 2. The van der Waals surface area contributed by atoms with Crippen LogP contribution >= 0.6 is 0 Å². The average Bonchev–Trinajstić information content (AvgIpc) is 2.97. The number of nitrogens with one attached hydrogen (secondary N) is 1. The summed E-state index contributed by atoms with van der Waals surface area (Å²) in [6.45, 7) is 5.36. The molecule has 0 fully saturated rings. The van der Waals surface area contributed by atoms with Crippen molar-refractivity contribution in [3.05, 3.63) is 69.0 Å². The van der Waals surface area contributed by atoms with Crippen LogP contribution in [0.5, 0.6) is 0 Å². The first-order chi connectivity index (χ1) is 14.6. The van der Waals surface area contributed by atoms with Crippen molar-refractivity contribution in [1.29, 1.82) is 0 Å². The van der Waals surface area contributed by atoms with Crippen molar-refractivity contribution in [3.63, 3.8) is 0 Å². The highest BCUT2D eigenvalue weighted by molar-refractivity contribution is 6.03. The monoisotopic (exact) mass is 425 g/mol. The molecule has 0 radical (unpaired) electrons. The van der Waals surface area contributed by atoms with Crippen LogP contribution in [0, 0.1) is 6.92 Å². The van der Waals surface area contributed by atoms with Crippen LogP contribution in [0.2, 0.25) is 0 Å². The SMILES string of the molecule is Cc1cccc(C(C)C)c1CNC(=O)n1c(=O)c2cccc(C(=O)O)c2n1CC(=O)O. The fraction of sp³-hybridized carbons (Fsp3) is 0.273. The first-order valence-electron chi connectivity index (χ1n) is 9.69. The Morgan fingerprint density at radius 1 is 1.06 bits per heavy atom. The number of amides is 1. The van der Waals surface area contributed by atoms with Crippen molar-refractivity contribution in [3.8, 4) is 0 Å². The Bertz CT molecular complexity index is 1250. The van der Waals surface area contributed by atoms with Crippen molar-refractivity contribution in [2.75, 3.05) is 0 Å². The van der Waals surface area contributed by atoms with Crippen LogP contribution in [0.3, 0.4) is 0 Å². The normalized spacial score (nSPS) is 11.1. The van der Waals surface area contributed by atoms with E-state index < -0.39 is 30.1 Å². The van der Waals surface area contributed by atoms with Crippen molar-refractivity contribution in [2.24, 2.45) is 0 Å². The molecule has 0 spiro atoms. The van der Waals surface area contributed by atoms with Gasteiger partial charge in [-0.3, -0.25) is 14.3 Å². The number of carboxylic acid groups (broad SMARTS) is 2. The molecule has 3 aromatic rings. The van der Waals surface area contributed by atoms with Crippen LogP contribution in [-0.2, 0) is 17.9 Å². The zero-order valence-corrected chi connectivity index (χ0v) is 17.4. The quantitative estimate of drug-likeness (QED) is 0.557. The molecular weight excluding hydrogens is 402 g/mol. The molecule has 0 unspecified atom stereocenters. The molecule has 3 rings (SSSR count). The van der Waals surface area contributed by atoms with Crippen LogP contribution in [0.4, 0.5) is 4.79 Å². The zero-order valence-electron chi connectivity index (χ0n) is 17.4. The third-order valence-corrected chi connectivity index (χ3v) is 5.15. The molecule has 0 saturated carbocycles. The molecule has 0 saturated heterocycles. The van der Waals surface area contributed by atoms with Crippen LogP contribution in [-0.4, -0.2) is 37.5 Å². The minimum absolute atomic E-state index is 0.0462. The highest BCUT2D eigenvalue weighted by Crippen LogP contribution is 2.22. The van der Waals surface area contributed by atoms with Crippen LogP contribution < -0.4 is 10.9 Å². The van der Waals surface area contributed by atoms with Gasteiger partial charge in [0.25, 0.3) is 5.56 Å². The molecule has 31 heavy (non-hydrogen) atoms. The number of para-hydroxylation sites is 1. The van der Waals surface area contributed by atoms with E-state index in [1.165, 1.54) is 18.2 Å². The van der Waals surface area contributed by atoms with E-state index in [0.717, 1.165) is 21.4 Å². The summed E-state index contributed by atoms with van der Waals surface area (Å²) in [4.78, 5) is 48.9. The molecule has 9 nitrogen and oxygen atoms in total. The number of nitrogens with zero attached hydrogens (tertiary/aromatic N) is 2. The predicted octanol–water partition coefficient (Wildman–Crippen LogP) is 2.78. The Morgan fingerprint density at radius 2 is 1.74 bits per heavy atom. The zero-order chi connectivity index (χ0) is 22.9. The van der Waals surface area contributed by atoms with E-state index in [1.54, 1.807) is 0 Å². The van der Waals surface area contributed by atoms with Gasteiger partial charge in [0.2, 0.25) is 0 Å². The maximum Gasteiger partial charge on any atom is 0.344 e. The van der Waals surface area contributed by atoms with E-state index >= 15 is 0 Å². The van der Waals surface area contributed by atoms with Gasteiger partial charge in [-0.1, -0.05) is 38.1 Å². The summed E-state index contributed by atoms with van der Waals surface area (Å²) in [5.74, 6) is -2.44. The van der Waals surface area contributed by atoms with E-state index in [4.69, 9.17) is 0 Å². The summed E-state index contributed by atoms with van der Waals surface area (Å²) in [5, 5.41) is 21.4. The van der Waals surface area contributed by atoms with Gasteiger partial charge in [0.15, 0.2) is 0 Å². The van der Waals surface area contributed by atoms with Crippen molar-refractivity contribution < 1.29 is 24.6 Å². The van der Waals surface area contributed by atoms with Gasteiger partial charge in [0.05, 0.1) is 16.5 Å². The number of aromatic nitrogens is 2. The lowest BCUT2D eigenvalue weighted by Crippen LogP contribution is -2.39. The summed E-state index contributed by atoms with van der Waals surface area (Å²) in [7, 11) is 0. The minimum Gasteiger partial charge on any atom is -0.480 e. The molecule has 0 aliphatic rings. The van der Waals surface area contributed by atoms with Crippen molar-refractivity contribution >= 4 is 28.9 Å². The molecular formula is C22H23N3O6. The highest BCUT2D eigenvalue weighted by atomic mass is 16.4. The summed E-state index contributed by atoms with van der Waals surface area (Å²) in [6.07, 6.45) is 0. The Hall–Kier alpha value is -3.88. The number of carboxylic acids is 2. The van der Waals surface area contributed by atoms with Crippen LogP contribution in [0.15, 0.2) is 41.2 Å². The number of hydrogen-bond donors (Lipinski definition) is 3. The fourth-order valence-electron chi connectivity index (χ4n) is 3.72. The molecule has 3 N–H and O–H groups in total. The van der Waals surface area contributed by atoms with E-state index in [1.807, 2.05) is 39.0 Å². The van der Waals surface area contributed by atoms with Crippen LogP contribution in [0.25, 0.3) is 10.9 Å². The molecule has 0 bridgehead atoms. The van der Waals surface area contributed by atoms with Gasteiger partial charge in [0.1, 0.15) is 6.54 Å². The molecule has 0 aliphatic carbocycles. The topological polar surface area (TPSA) is 131 Å². The number of rotatable bonds is 6. The molecule has 162 valence electrons. The summed E-state index contributed by atoms with van der Waals surface area (Å²) in [6, 6.07) is 8.97. The summed E-state index contributed by atoms with van der Waals surface area (Å²) >= 11 is 0. The standard InChI is InChI=1S/C22H23N3O6/c1-12(2)14-7-4-6-13(3)17(14)10-23-22(31)25-20(28)15-8-5-9-16(21(29)30)19(15)24(25)11-18(26)27/h4-9,12H,10-11H2,1-3H3,(H,23,31)(H,26,27)(H,29,30). The number of aromatic carboxylic acids is 1. The number of carbonyl (C=O) groups is 3. The number of hydrogen-bond acceptors (Lipinski definition) is 4. The molecule has 9 heteroatoms. The lowest BCUT2D eigenvalue weighted by Gasteiger charge is -2.17. The van der Waals surface area contributed by atoms with E-state index in [2.05, 4.69) is 5.32 Å². The molecule has 2 aromatic carbocycles. The van der Waals surface area contributed by atoms with E-state index in [9.17, 15) is 29.4 Å². The van der Waals surface area contributed by atoms with E-state index in [0.29, 0.717) is 4.68 Å². The summed E-state index contributed by atoms with van der Waals surface area (Å²) in [5.41, 5.74) is 1.77. The lowest BCUT2D eigenvalue weighted by molar-refractivity contribution is -0.137. The highest BCUT2D eigenvalue weighted by Gasteiger charge is 2.24. The van der Waals surface area contributed by atoms with Gasteiger partial charge in [-0.2, -0.15) is 4.68 Å². The van der Waals surface area contributed by atoms with Gasteiger partial charge in [-0.05, 0) is 41.7 Å². The number of aryl methyl sites for hydroxylation is 1. The Balaban J connectivity index is 2.09. The third kappa shape index (κ3) is 4.07. The van der Waals surface area contributed by atoms with Gasteiger partial charge in [-0.25, -0.2) is 9.59 Å². The Kier molecular flexibility index (Phi) is 5.96. The second-order valence-corrected chi connectivity index (χ2v) is 7.53. The maximum atomic E-state index is 13.0. The van der Waals surface area contributed by atoms with Gasteiger partial charge in [0, 0.05) is 6.54 Å². The van der Waals surface area contributed by atoms with Crippen LogP contribution in [0.1, 0.15) is 46.8 Å². The molecule has 1 heterocycles. The molecule has 1 amide bonds. The maximum absolute atomic E-state index is 13.0. The first-order valence-corrected chi connectivity index (χ1v) is 9.69. The lowest BCUT2D eigenvalue weighted by atomic mass is 9.94. The number of carbonyl (C=O) groups excluding carboxylic acids is 1. The number of aliphatic carboxylic acids is 1.